The molecule has 1 aliphatic carbocycles. The molecule has 0 bridgehead atoms. The van der Waals surface area contributed by atoms with Gasteiger partial charge in [-0.05, 0) is 69.0 Å². The molecule has 0 unspecified atom stereocenters. The fourth-order valence-corrected chi connectivity index (χ4v) is 6.84. The van der Waals surface area contributed by atoms with Crippen molar-refractivity contribution in [1.82, 2.24) is 5.32 Å². The number of rotatable bonds is 6. The Hall–Kier alpha value is -2.11. The third-order valence-corrected chi connectivity index (χ3v) is 10.2. The highest BCUT2D eigenvalue weighted by atomic mass is 35.5. The van der Waals surface area contributed by atoms with E-state index in [2.05, 4.69) is 5.32 Å². The van der Waals surface area contributed by atoms with Crippen LogP contribution in [0.5, 0.6) is 0 Å². The summed E-state index contributed by atoms with van der Waals surface area (Å²) in [5.74, 6) is -1.07. The smallest absolute Gasteiger partial charge is 0.349 e. The molecule has 1 aliphatic rings. The normalized spacial score (nSPS) is 19.4. The van der Waals surface area contributed by atoms with Crippen molar-refractivity contribution in [3.8, 4) is 0 Å². The minimum absolute atomic E-state index is 0.0776. The molecule has 12 heteroatoms. The highest BCUT2D eigenvalue weighted by Gasteiger charge is 2.49. The van der Waals surface area contributed by atoms with Crippen LogP contribution in [0.1, 0.15) is 42.6 Å². The first kappa shape index (κ1) is 26.5. The van der Waals surface area contributed by atoms with E-state index in [0.29, 0.717) is 6.07 Å². The van der Waals surface area contributed by atoms with Crippen LogP contribution in [0, 0.1) is 5.92 Å². The van der Waals surface area contributed by atoms with Crippen LogP contribution >= 0.6 is 11.6 Å². The van der Waals surface area contributed by atoms with E-state index in [1.54, 1.807) is 0 Å². The predicted molar refractivity (Wildman–Crippen MR) is 121 cm³/mol. The van der Waals surface area contributed by atoms with Gasteiger partial charge in [0.1, 0.15) is 0 Å². The lowest BCUT2D eigenvalue weighted by molar-refractivity contribution is -0.137. The maximum Gasteiger partial charge on any atom is 0.416 e. The van der Waals surface area contributed by atoms with Gasteiger partial charge in [-0.15, -0.1) is 0 Å². The minimum Gasteiger partial charge on any atom is -0.349 e. The van der Waals surface area contributed by atoms with Crippen LogP contribution in [0.2, 0.25) is 5.02 Å². The van der Waals surface area contributed by atoms with Gasteiger partial charge in [0.2, 0.25) is 0 Å². The minimum atomic E-state index is -4.67. The summed E-state index contributed by atoms with van der Waals surface area (Å²) in [4.78, 5) is 12.1. The zero-order valence-electron chi connectivity index (χ0n) is 18.5. The van der Waals surface area contributed by atoms with Crippen LogP contribution in [0.15, 0.2) is 52.3 Å². The Kier molecular flexibility index (Phi) is 6.88. The summed E-state index contributed by atoms with van der Waals surface area (Å²) in [5, 5.41) is 2.85. The van der Waals surface area contributed by atoms with Crippen molar-refractivity contribution in [2.75, 3.05) is 6.26 Å². The molecule has 0 spiro atoms. The lowest BCUT2D eigenvalue weighted by Crippen LogP contribution is -2.53. The van der Waals surface area contributed by atoms with Crippen LogP contribution in [0.4, 0.5) is 13.2 Å². The van der Waals surface area contributed by atoms with Crippen molar-refractivity contribution in [2.24, 2.45) is 5.92 Å². The van der Waals surface area contributed by atoms with E-state index in [-0.39, 0.29) is 28.3 Å². The molecule has 0 saturated heterocycles. The van der Waals surface area contributed by atoms with Crippen molar-refractivity contribution in [3.05, 3.63) is 58.6 Å². The Balaban J connectivity index is 1.75. The van der Waals surface area contributed by atoms with Gasteiger partial charge in [0, 0.05) is 17.3 Å². The molecule has 0 aliphatic heterocycles. The molecule has 1 amide bonds. The Morgan fingerprint density at radius 2 is 1.65 bits per heavy atom. The molecule has 0 heterocycles. The van der Waals surface area contributed by atoms with E-state index >= 15 is 0 Å². The van der Waals surface area contributed by atoms with Gasteiger partial charge in [-0.1, -0.05) is 17.7 Å². The largest absolute Gasteiger partial charge is 0.416 e. The summed E-state index contributed by atoms with van der Waals surface area (Å²) >= 11 is 5.85. The summed E-state index contributed by atoms with van der Waals surface area (Å²) in [7, 11) is -7.85. The van der Waals surface area contributed by atoms with E-state index in [1.165, 1.54) is 32.0 Å². The van der Waals surface area contributed by atoms with Gasteiger partial charge in [-0.2, -0.15) is 13.2 Å². The molecular formula is C22H23ClF3NO5S2. The Morgan fingerprint density at radius 3 is 2.21 bits per heavy atom. The average Bonchev–Trinajstić information content (AvgIpc) is 2.68. The zero-order valence-corrected chi connectivity index (χ0v) is 20.9. The van der Waals surface area contributed by atoms with Crippen molar-refractivity contribution in [2.45, 2.75) is 53.4 Å². The molecule has 1 saturated carbocycles. The SMILES string of the molecule is CC(C)(C1CC(NC(=O)c2ccc(Cl)cc2S(C)(=O)=O)C1)S(=O)(=O)c1cccc(C(F)(F)F)c1. The fraction of sp³-hybridized carbons (Fsp3) is 0.409. The molecule has 34 heavy (non-hydrogen) atoms. The van der Waals surface area contributed by atoms with Crippen LogP contribution < -0.4 is 5.32 Å². The standard InChI is InChI=1S/C22H23ClF3NO5S2/c1-21(2,34(31,32)17-6-4-5-13(11-17)22(24,25)26)14-9-16(10-14)27-20(28)18-8-7-15(23)12-19(18)33(3,29)30/h4-8,11-12,14,16H,9-10H2,1-3H3,(H,27,28). The molecule has 0 radical (unpaired) electrons. The van der Waals surface area contributed by atoms with E-state index in [4.69, 9.17) is 11.6 Å². The number of benzene rings is 2. The lowest BCUT2D eigenvalue weighted by atomic mass is 9.73. The Bertz CT molecular complexity index is 1330. The van der Waals surface area contributed by atoms with Gasteiger partial charge >= 0.3 is 6.18 Å². The number of carbonyl (C=O) groups is 1. The third-order valence-electron chi connectivity index (χ3n) is 6.21. The number of hydrogen-bond donors (Lipinski definition) is 1. The molecule has 186 valence electrons. The first-order valence-corrected chi connectivity index (χ1v) is 13.9. The highest BCUT2D eigenvalue weighted by Crippen LogP contribution is 2.44. The summed E-state index contributed by atoms with van der Waals surface area (Å²) in [6.45, 7) is 2.90. The van der Waals surface area contributed by atoms with Crippen molar-refractivity contribution < 1.29 is 34.8 Å². The number of sulfone groups is 2. The molecule has 2 aromatic rings. The topological polar surface area (TPSA) is 97.4 Å². The van der Waals surface area contributed by atoms with Gasteiger partial charge in [0.25, 0.3) is 5.91 Å². The van der Waals surface area contributed by atoms with Gasteiger partial charge in [-0.25, -0.2) is 16.8 Å². The monoisotopic (exact) mass is 537 g/mol. The zero-order chi connectivity index (χ0) is 25.7. The van der Waals surface area contributed by atoms with E-state index < -0.39 is 58.9 Å². The summed E-state index contributed by atoms with van der Waals surface area (Å²) in [5.41, 5.74) is -1.13. The number of carbonyl (C=O) groups excluding carboxylic acids is 1. The molecule has 6 nitrogen and oxygen atoms in total. The lowest BCUT2D eigenvalue weighted by Gasteiger charge is -2.45. The Labute approximate surface area is 201 Å². The van der Waals surface area contributed by atoms with Gasteiger partial charge in [0.15, 0.2) is 19.7 Å². The molecule has 0 atom stereocenters. The van der Waals surface area contributed by atoms with Gasteiger partial charge in [0.05, 0.1) is 25.7 Å². The molecule has 0 aromatic heterocycles. The summed E-state index contributed by atoms with van der Waals surface area (Å²) in [6, 6.07) is 7.08. The predicted octanol–water partition coefficient (Wildman–Crippen LogP) is 4.52. The van der Waals surface area contributed by atoms with Crippen LogP contribution in [-0.4, -0.2) is 39.8 Å². The van der Waals surface area contributed by atoms with Gasteiger partial charge < -0.3 is 5.32 Å². The average molecular weight is 538 g/mol. The maximum absolute atomic E-state index is 13.2. The quantitative estimate of drug-likeness (QED) is 0.584. The number of alkyl halides is 3. The number of nitrogens with one attached hydrogen (secondary N) is 1. The van der Waals surface area contributed by atoms with Gasteiger partial charge in [-0.3, -0.25) is 4.79 Å². The summed E-state index contributed by atoms with van der Waals surface area (Å²) < 4.78 is 88.1. The fourth-order valence-electron chi connectivity index (χ4n) is 3.92. The van der Waals surface area contributed by atoms with Crippen LogP contribution in [-0.2, 0) is 25.9 Å². The second-order valence-electron chi connectivity index (χ2n) is 8.88. The third kappa shape index (κ3) is 5.11. The van der Waals surface area contributed by atoms with Crippen molar-refractivity contribution in [1.29, 1.82) is 0 Å². The van der Waals surface area contributed by atoms with E-state index in [1.807, 2.05) is 0 Å². The molecule has 1 N–H and O–H groups in total. The molecule has 3 rings (SSSR count). The highest BCUT2D eigenvalue weighted by molar-refractivity contribution is 7.92. The first-order valence-electron chi connectivity index (χ1n) is 10.2. The van der Waals surface area contributed by atoms with Crippen molar-refractivity contribution in [3.63, 3.8) is 0 Å². The molecular weight excluding hydrogens is 515 g/mol. The second-order valence-corrected chi connectivity index (χ2v) is 13.8. The van der Waals surface area contributed by atoms with Crippen LogP contribution in [0.3, 0.4) is 0 Å². The molecule has 2 aromatic carbocycles. The second kappa shape index (κ2) is 8.83. The first-order chi connectivity index (χ1) is 15.4. The maximum atomic E-state index is 13.2. The number of halogens is 4. The number of amides is 1. The van der Waals surface area contributed by atoms with Crippen LogP contribution in [0.25, 0.3) is 0 Å². The van der Waals surface area contributed by atoms with E-state index in [9.17, 15) is 34.8 Å². The molecule has 1 fully saturated rings. The van der Waals surface area contributed by atoms with Crippen molar-refractivity contribution >= 4 is 37.2 Å². The Morgan fingerprint density at radius 1 is 1.03 bits per heavy atom. The number of hydrogen-bond acceptors (Lipinski definition) is 5. The van der Waals surface area contributed by atoms with E-state index in [0.717, 1.165) is 24.5 Å². The summed E-state index contributed by atoms with van der Waals surface area (Å²) in [6.07, 6.45) is -3.19.